The van der Waals surface area contributed by atoms with Crippen molar-refractivity contribution in [1.29, 1.82) is 0 Å². The largest absolute Gasteiger partial charge is 0.497 e. The molecule has 0 spiro atoms. The molecule has 0 aliphatic carbocycles. The number of ketones is 1. The maximum atomic E-state index is 14.0. The van der Waals surface area contributed by atoms with Gasteiger partial charge in [0.1, 0.15) is 16.5 Å². The summed E-state index contributed by atoms with van der Waals surface area (Å²) in [6, 6.07) is 18.8. The molecule has 3 heterocycles. The van der Waals surface area contributed by atoms with Crippen molar-refractivity contribution in [3.8, 4) is 5.75 Å². The summed E-state index contributed by atoms with van der Waals surface area (Å²) in [6.45, 7) is 8.10. The van der Waals surface area contributed by atoms with E-state index >= 15 is 0 Å². The SMILES string of the molecule is COc1ccc(S(=O)(=O)N(CC(C)C)C[C@@H](O)[C@@H](CC(=O)c2cc(C)nc(C(=O)N3CCCC3c3nc(C)cs3)c2)Cc2ccccc2)cc1. The Kier molecular flexibility index (Phi) is 12.2. The molecule has 1 N–H and O–H groups in total. The van der Waals surface area contributed by atoms with Gasteiger partial charge < -0.3 is 14.7 Å². The molecule has 3 atom stereocenters. The number of rotatable bonds is 15. The van der Waals surface area contributed by atoms with Crippen molar-refractivity contribution in [2.24, 2.45) is 11.8 Å². The van der Waals surface area contributed by atoms with Crippen molar-refractivity contribution in [3.63, 3.8) is 0 Å². The number of hydrogen-bond acceptors (Lipinski definition) is 9. The zero-order valence-corrected chi connectivity index (χ0v) is 30.9. The summed E-state index contributed by atoms with van der Waals surface area (Å²) in [7, 11) is -2.46. The molecule has 12 heteroatoms. The second-order valence-corrected chi connectivity index (χ2v) is 16.2. The van der Waals surface area contributed by atoms with Gasteiger partial charge in [0.25, 0.3) is 5.91 Å². The Morgan fingerprint density at radius 2 is 1.74 bits per heavy atom. The molecule has 1 unspecified atom stereocenters. The van der Waals surface area contributed by atoms with Crippen molar-refractivity contribution in [3.05, 3.63) is 105 Å². The highest BCUT2D eigenvalue weighted by Crippen LogP contribution is 2.35. The lowest BCUT2D eigenvalue weighted by Crippen LogP contribution is -2.43. The van der Waals surface area contributed by atoms with E-state index in [0.29, 0.717) is 30.0 Å². The number of hydrogen-bond donors (Lipinski definition) is 1. The number of aromatic nitrogens is 2. The van der Waals surface area contributed by atoms with Crippen molar-refractivity contribution in [2.45, 2.75) is 70.4 Å². The van der Waals surface area contributed by atoms with Crippen LogP contribution < -0.4 is 4.74 Å². The van der Waals surface area contributed by atoms with E-state index in [9.17, 15) is 23.1 Å². The lowest BCUT2D eigenvalue weighted by molar-refractivity contribution is 0.0689. The standard InChI is InChI=1S/C38H46N4O6S2/c1-25(2)22-41(50(46,47)32-15-13-31(48-5)14-16-32)23-36(44)30(19-28-10-7-6-8-11-28)21-35(43)29-18-26(3)39-33(20-29)38(45)42-17-9-12-34(42)37-40-27(4)24-49-37/h6-8,10-11,13-16,18,20,24-25,30,34,36,44H,9,12,17,19,21-23H2,1-5H3/t30-,34?,36-/m1/s1. The fourth-order valence-electron chi connectivity index (χ4n) is 6.43. The zero-order chi connectivity index (χ0) is 36.0. The molecule has 0 saturated carbocycles. The smallest absolute Gasteiger partial charge is 0.273 e. The number of pyridine rings is 1. The van der Waals surface area contributed by atoms with Gasteiger partial charge in [-0.05, 0) is 86.9 Å². The average molecular weight is 719 g/mol. The van der Waals surface area contributed by atoms with E-state index in [1.165, 1.54) is 23.5 Å². The number of Topliss-reactive ketones (excluding diaryl/α,β-unsaturated/α-hetero) is 1. The number of ether oxygens (including phenoxy) is 1. The molecule has 10 nitrogen and oxygen atoms in total. The van der Waals surface area contributed by atoms with Crippen LogP contribution in [0.25, 0.3) is 0 Å². The number of carbonyl (C=O) groups excluding carboxylic acids is 2. The molecule has 4 aromatic rings. The minimum Gasteiger partial charge on any atom is -0.497 e. The van der Waals surface area contributed by atoms with Gasteiger partial charge in [-0.3, -0.25) is 9.59 Å². The minimum atomic E-state index is -3.98. The van der Waals surface area contributed by atoms with Crippen LogP contribution >= 0.6 is 11.3 Å². The van der Waals surface area contributed by atoms with Crippen molar-refractivity contribution < 1.29 is 27.9 Å². The summed E-state index contributed by atoms with van der Waals surface area (Å²) in [6.07, 6.45) is 0.799. The number of benzene rings is 2. The van der Waals surface area contributed by atoms with Gasteiger partial charge in [0.15, 0.2) is 5.78 Å². The predicted octanol–water partition coefficient (Wildman–Crippen LogP) is 6.28. The fraction of sp³-hybridized carbons (Fsp3) is 0.421. The van der Waals surface area contributed by atoms with Gasteiger partial charge in [-0.1, -0.05) is 44.2 Å². The van der Waals surface area contributed by atoms with E-state index in [2.05, 4.69) is 9.97 Å². The van der Waals surface area contributed by atoms with Crippen LogP contribution in [0.2, 0.25) is 0 Å². The zero-order valence-electron chi connectivity index (χ0n) is 29.3. The molecular formula is C38H46N4O6S2. The first-order valence-corrected chi connectivity index (χ1v) is 19.3. The van der Waals surface area contributed by atoms with E-state index in [1.54, 1.807) is 47.4 Å². The molecule has 1 saturated heterocycles. The summed E-state index contributed by atoms with van der Waals surface area (Å²) < 4.78 is 34.2. The Balaban J connectivity index is 1.39. The van der Waals surface area contributed by atoms with E-state index in [-0.39, 0.29) is 53.7 Å². The van der Waals surface area contributed by atoms with Gasteiger partial charge in [0.2, 0.25) is 10.0 Å². The second-order valence-electron chi connectivity index (χ2n) is 13.4. The Hall–Kier alpha value is -3.97. The van der Waals surface area contributed by atoms with E-state index in [4.69, 9.17) is 4.74 Å². The minimum absolute atomic E-state index is 0.0185. The van der Waals surface area contributed by atoms with Crippen LogP contribution in [0, 0.1) is 25.7 Å². The summed E-state index contributed by atoms with van der Waals surface area (Å²) in [5, 5.41) is 14.6. The highest BCUT2D eigenvalue weighted by Gasteiger charge is 2.35. The van der Waals surface area contributed by atoms with Gasteiger partial charge >= 0.3 is 0 Å². The number of likely N-dealkylation sites (tertiary alicyclic amines) is 1. The Morgan fingerprint density at radius 3 is 2.38 bits per heavy atom. The second kappa shape index (κ2) is 16.4. The lowest BCUT2D eigenvalue weighted by Gasteiger charge is -2.30. The molecule has 1 fully saturated rings. The Morgan fingerprint density at radius 1 is 1.02 bits per heavy atom. The van der Waals surface area contributed by atoms with Gasteiger partial charge in [-0.15, -0.1) is 11.3 Å². The Labute approximate surface area is 299 Å². The molecule has 266 valence electrons. The van der Waals surface area contributed by atoms with Crippen LogP contribution in [0.5, 0.6) is 5.75 Å². The topological polar surface area (TPSA) is 130 Å². The van der Waals surface area contributed by atoms with Crippen molar-refractivity contribution in [1.82, 2.24) is 19.2 Å². The first kappa shape index (κ1) is 37.3. The predicted molar refractivity (Wildman–Crippen MR) is 194 cm³/mol. The van der Waals surface area contributed by atoms with E-state index < -0.39 is 22.0 Å². The molecule has 1 aliphatic heterocycles. The fourth-order valence-corrected chi connectivity index (χ4v) is 8.99. The van der Waals surface area contributed by atoms with Crippen LogP contribution in [0.1, 0.15) is 82.0 Å². The number of sulfonamides is 1. The average Bonchev–Trinajstić information content (AvgIpc) is 3.76. The third kappa shape index (κ3) is 9.03. The summed E-state index contributed by atoms with van der Waals surface area (Å²) in [5.41, 5.74) is 2.90. The van der Waals surface area contributed by atoms with Crippen molar-refractivity contribution >= 4 is 33.1 Å². The van der Waals surface area contributed by atoms with Gasteiger partial charge in [-0.25, -0.2) is 18.4 Å². The monoisotopic (exact) mass is 718 g/mol. The van der Waals surface area contributed by atoms with Crippen LogP contribution in [0.4, 0.5) is 0 Å². The summed E-state index contributed by atoms with van der Waals surface area (Å²) in [5.74, 6) is -0.602. The first-order chi connectivity index (χ1) is 23.8. The van der Waals surface area contributed by atoms with Crippen LogP contribution in [0.3, 0.4) is 0 Å². The molecule has 5 rings (SSSR count). The van der Waals surface area contributed by atoms with E-state index in [1.807, 2.05) is 56.5 Å². The summed E-state index contributed by atoms with van der Waals surface area (Å²) in [4.78, 5) is 38.9. The van der Waals surface area contributed by atoms with Gasteiger partial charge in [-0.2, -0.15) is 4.31 Å². The number of amides is 1. The molecule has 0 bridgehead atoms. The molecular weight excluding hydrogens is 673 g/mol. The molecule has 1 aliphatic rings. The molecule has 1 amide bonds. The quantitative estimate of drug-likeness (QED) is 0.142. The number of thiazole rings is 1. The van der Waals surface area contributed by atoms with Gasteiger partial charge in [0.05, 0.1) is 24.2 Å². The van der Waals surface area contributed by atoms with E-state index in [0.717, 1.165) is 29.1 Å². The molecule has 0 radical (unpaired) electrons. The summed E-state index contributed by atoms with van der Waals surface area (Å²) >= 11 is 1.54. The third-order valence-electron chi connectivity index (χ3n) is 8.92. The number of aliphatic hydroxyl groups is 1. The third-order valence-corrected chi connectivity index (χ3v) is 11.8. The normalized spacial score (nSPS) is 16.2. The van der Waals surface area contributed by atoms with Crippen molar-refractivity contribution in [2.75, 3.05) is 26.7 Å². The maximum absolute atomic E-state index is 14.0. The molecule has 2 aromatic heterocycles. The van der Waals surface area contributed by atoms with Crippen LogP contribution in [0.15, 0.2) is 77.0 Å². The number of methoxy groups -OCH3 is 1. The highest BCUT2D eigenvalue weighted by molar-refractivity contribution is 7.89. The molecule has 2 aromatic carbocycles. The van der Waals surface area contributed by atoms with Crippen LogP contribution in [-0.2, 0) is 16.4 Å². The first-order valence-electron chi connectivity index (χ1n) is 17.0. The number of aliphatic hydroxyl groups excluding tert-OH is 1. The number of carbonyl (C=O) groups is 2. The Bertz CT molecular complexity index is 1880. The lowest BCUT2D eigenvalue weighted by atomic mass is 9.87. The highest BCUT2D eigenvalue weighted by atomic mass is 32.2. The van der Waals surface area contributed by atoms with Gasteiger partial charge in [0, 0.05) is 48.4 Å². The maximum Gasteiger partial charge on any atom is 0.273 e. The number of nitrogens with zero attached hydrogens (tertiary/aromatic N) is 4. The number of aryl methyl sites for hydroxylation is 2. The van der Waals surface area contributed by atoms with Crippen LogP contribution in [-0.4, -0.2) is 77.2 Å². The molecule has 50 heavy (non-hydrogen) atoms.